The minimum absolute atomic E-state index is 0.103. The summed E-state index contributed by atoms with van der Waals surface area (Å²) in [6, 6.07) is 13.0. The fourth-order valence-electron chi connectivity index (χ4n) is 3.92. The van der Waals surface area contributed by atoms with Crippen LogP contribution in [0.4, 0.5) is 5.69 Å². The Bertz CT molecular complexity index is 1080. The molecule has 0 radical (unpaired) electrons. The average molecular weight is 439 g/mol. The Labute approximate surface area is 184 Å². The van der Waals surface area contributed by atoms with Gasteiger partial charge in [-0.1, -0.05) is 26.0 Å². The third-order valence-electron chi connectivity index (χ3n) is 5.19. The molecule has 160 valence electrons. The summed E-state index contributed by atoms with van der Waals surface area (Å²) in [5.41, 5.74) is 2.75. The maximum Gasteiger partial charge on any atom is 0.305 e. The van der Waals surface area contributed by atoms with Crippen LogP contribution in [-0.4, -0.2) is 35.6 Å². The van der Waals surface area contributed by atoms with Gasteiger partial charge in [0.25, 0.3) is 0 Å². The molecule has 1 N–H and O–H groups in total. The van der Waals surface area contributed by atoms with E-state index in [0.717, 1.165) is 11.1 Å². The fourth-order valence-corrected chi connectivity index (χ4v) is 5.39. The van der Waals surface area contributed by atoms with Crippen LogP contribution in [0.15, 0.2) is 36.4 Å². The number of hydrogen-bond acceptors (Lipinski definition) is 6. The van der Waals surface area contributed by atoms with E-state index in [0.29, 0.717) is 29.3 Å². The highest BCUT2D eigenvalue weighted by atomic mass is 32.2. The SMILES string of the molecule is CC(C)CN1C(=O)C(CC(=O)O)SC(c2cccc3c2OCO3)c2cc(C#N)ccc21. The number of carbonyl (C=O) groups is 2. The van der Waals surface area contributed by atoms with E-state index in [1.807, 2.05) is 32.0 Å². The van der Waals surface area contributed by atoms with Gasteiger partial charge >= 0.3 is 5.97 Å². The van der Waals surface area contributed by atoms with Crippen molar-refractivity contribution in [1.29, 1.82) is 5.26 Å². The number of carboxylic acids is 1. The summed E-state index contributed by atoms with van der Waals surface area (Å²) in [5.74, 6) is 0.111. The number of fused-ring (bicyclic) bond motifs is 2. The van der Waals surface area contributed by atoms with Gasteiger partial charge in [-0.25, -0.2) is 0 Å². The zero-order chi connectivity index (χ0) is 22.1. The second-order valence-electron chi connectivity index (χ2n) is 7.91. The molecule has 1 amide bonds. The molecule has 0 bridgehead atoms. The normalized spacial score (nSPS) is 19.7. The average Bonchev–Trinajstić information content (AvgIpc) is 3.19. The summed E-state index contributed by atoms with van der Waals surface area (Å²) in [6.45, 7) is 4.57. The van der Waals surface area contributed by atoms with Crippen molar-refractivity contribution in [2.24, 2.45) is 5.92 Å². The van der Waals surface area contributed by atoms with Crippen LogP contribution in [0, 0.1) is 17.2 Å². The monoisotopic (exact) mass is 438 g/mol. The van der Waals surface area contributed by atoms with Gasteiger partial charge in [0.1, 0.15) is 0 Å². The fraction of sp³-hybridized carbons (Fsp3) is 0.348. The van der Waals surface area contributed by atoms with Crippen molar-refractivity contribution < 1.29 is 24.2 Å². The first-order valence-corrected chi connectivity index (χ1v) is 10.9. The van der Waals surface area contributed by atoms with Gasteiger partial charge in [-0.05, 0) is 35.7 Å². The molecule has 8 heteroatoms. The van der Waals surface area contributed by atoms with Gasteiger partial charge in [0.15, 0.2) is 11.5 Å². The van der Waals surface area contributed by atoms with E-state index in [9.17, 15) is 20.0 Å². The van der Waals surface area contributed by atoms with Gasteiger partial charge in [0, 0.05) is 17.8 Å². The second kappa shape index (κ2) is 8.52. The largest absolute Gasteiger partial charge is 0.481 e. The van der Waals surface area contributed by atoms with Crippen LogP contribution >= 0.6 is 11.8 Å². The minimum atomic E-state index is -1.03. The van der Waals surface area contributed by atoms with Crippen molar-refractivity contribution in [2.45, 2.75) is 30.8 Å². The first-order chi connectivity index (χ1) is 14.9. The minimum Gasteiger partial charge on any atom is -0.481 e. The quantitative estimate of drug-likeness (QED) is 0.754. The van der Waals surface area contributed by atoms with E-state index in [-0.39, 0.29) is 25.0 Å². The summed E-state index contributed by atoms with van der Waals surface area (Å²) < 4.78 is 11.2. The molecule has 2 unspecified atom stereocenters. The molecule has 0 fully saturated rings. The Balaban J connectivity index is 1.92. The number of rotatable bonds is 5. The highest BCUT2D eigenvalue weighted by molar-refractivity contribution is 8.01. The number of aliphatic carboxylic acids is 1. The predicted molar refractivity (Wildman–Crippen MR) is 116 cm³/mol. The van der Waals surface area contributed by atoms with Crippen LogP contribution in [0.5, 0.6) is 11.5 Å². The lowest BCUT2D eigenvalue weighted by atomic mass is 9.98. The third kappa shape index (κ3) is 4.06. The van der Waals surface area contributed by atoms with Gasteiger partial charge < -0.3 is 19.5 Å². The summed E-state index contributed by atoms with van der Waals surface area (Å²) in [6.07, 6.45) is -0.292. The molecule has 2 heterocycles. The van der Waals surface area contributed by atoms with Crippen molar-refractivity contribution in [3.05, 3.63) is 53.1 Å². The van der Waals surface area contributed by atoms with Crippen molar-refractivity contribution in [2.75, 3.05) is 18.2 Å². The zero-order valence-electron chi connectivity index (χ0n) is 17.2. The molecule has 2 atom stereocenters. The maximum atomic E-state index is 13.5. The molecule has 7 nitrogen and oxygen atoms in total. The number of benzene rings is 2. The van der Waals surface area contributed by atoms with Gasteiger partial charge in [0.05, 0.1) is 28.6 Å². The second-order valence-corrected chi connectivity index (χ2v) is 9.22. The molecule has 0 aliphatic carbocycles. The van der Waals surface area contributed by atoms with Gasteiger partial charge in [-0.15, -0.1) is 11.8 Å². The Morgan fingerprint density at radius 2 is 2.10 bits per heavy atom. The van der Waals surface area contributed by atoms with Gasteiger partial charge in [-0.2, -0.15) is 5.26 Å². The number of ether oxygens (including phenoxy) is 2. The van der Waals surface area contributed by atoms with Gasteiger partial charge in [-0.3, -0.25) is 9.59 Å². The number of hydrogen-bond donors (Lipinski definition) is 1. The number of amides is 1. The first-order valence-electron chi connectivity index (χ1n) is 10.00. The lowest BCUT2D eigenvalue weighted by molar-refractivity contribution is -0.138. The van der Waals surface area contributed by atoms with Crippen LogP contribution in [0.1, 0.15) is 42.2 Å². The predicted octanol–water partition coefficient (Wildman–Crippen LogP) is 3.96. The van der Waals surface area contributed by atoms with Crippen LogP contribution in [0.3, 0.4) is 0 Å². The summed E-state index contributed by atoms with van der Waals surface area (Å²) >= 11 is 1.28. The standard InChI is InChI=1S/C23H22N2O5S/c1-13(2)11-25-17-7-6-14(10-24)8-16(17)22(31-19(23(25)28)9-20(26)27)15-4-3-5-18-21(15)30-12-29-18/h3-8,13,19,22H,9,11-12H2,1-2H3,(H,26,27). The van der Waals surface area contributed by atoms with E-state index < -0.39 is 16.5 Å². The van der Waals surface area contributed by atoms with Crippen LogP contribution in [0.2, 0.25) is 0 Å². The van der Waals surface area contributed by atoms with E-state index in [1.165, 1.54) is 11.8 Å². The molecule has 0 saturated heterocycles. The van der Waals surface area contributed by atoms with Crippen molar-refractivity contribution in [3.63, 3.8) is 0 Å². The smallest absolute Gasteiger partial charge is 0.305 e. The molecule has 0 spiro atoms. The third-order valence-corrected chi connectivity index (χ3v) is 6.67. The Kier molecular flexibility index (Phi) is 5.79. The molecule has 31 heavy (non-hydrogen) atoms. The number of carbonyl (C=O) groups excluding carboxylic acids is 1. The molecular formula is C23H22N2O5S. The van der Waals surface area contributed by atoms with Crippen LogP contribution in [0.25, 0.3) is 0 Å². The van der Waals surface area contributed by atoms with Crippen molar-refractivity contribution in [3.8, 4) is 17.6 Å². The molecule has 2 aromatic rings. The molecule has 2 aliphatic heterocycles. The molecule has 0 aromatic heterocycles. The summed E-state index contributed by atoms with van der Waals surface area (Å²) in [4.78, 5) is 26.7. The van der Waals surface area contributed by atoms with Crippen LogP contribution < -0.4 is 14.4 Å². The van der Waals surface area contributed by atoms with Crippen LogP contribution in [-0.2, 0) is 9.59 Å². The lowest BCUT2D eigenvalue weighted by Gasteiger charge is -2.27. The van der Waals surface area contributed by atoms with Gasteiger partial charge in [0.2, 0.25) is 12.7 Å². The Hall–Kier alpha value is -3.18. The molecular weight excluding hydrogens is 416 g/mol. The van der Waals surface area contributed by atoms with Crippen molar-refractivity contribution >= 4 is 29.3 Å². The maximum absolute atomic E-state index is 13.5. The van der Waals surface area contributed by atoms with E-state index >= 15 is 0 Å². The number of anilines is 1. The Morgan fingerprint density at radius 1 is 1.29 bits per heavy atom. The number of para-hydroxylation sites is 1. The van der Waals surface area contributed by atoms with E-state index in [2.05, 4.69) is 6.07 Å². The topological polar surface area (TPSA) is 99.9 Å². The zero-order valence-corrected chi connectivity index (χ0v) is 18.0. The van der Waals surface area contributed by atoms with E-state index in [4.69, 9.17) is 9.47 Å². The highest BCUT2D eigenvalue weighted by Gasteiger charge is 2.39. The van der Waals surface area contributed by atoms with Crippen molar-refractivity contribution in [1.82, 2.24) is 0 Å². The molecule has 2 aromatic carbocycles. The highest BCUT2D eigenvalue weighted by Crippen LogP contribution is 2.51. The number of carboxylic acid groups (broad SMARTS) is 1. The Morgan fingerprint density at radius 3 is 2.81 bits per heavy atom. The molecule has 0 saturated carbocycles. The molecule has 4 rings (SSSR count). The molecule has 2 aliphatic rings. The summed E-state index contributed by atoms with van der Waals surface area (Å²) in [7, 11) is 0. The lowest BCUT2D eigenvalue weighted by Crippen LogP contribution is -2.40. The number of nitrogens with zero attached hydrogens (tertiary/aromatic N) is 2. The summed E-state index contributed by atoms with van der Waals surface area (Å²) in [5, 5.41) is 17.8. The van der Waals surface area contributed by atoms with E-state index in [1.54, 1.807) is 23.1 Å². The number of thioether (sulfide) groups is 1. The first kappa shape index (κ1) is 21.1. The number of nitriles is 1.